The number of carboxylic acids is 1. The van der Waals surface area contributed by atoms with Crippen molar-refractivity contribution in [3.8, 4) is 0 Å². The average Bonchev–Trinajstić information content (AvgIpc) is 2.73. The molecule has 0 amide bonds. The van der Waals surface area contributed by atoms with E-state index in [4.69, 9.17) is 5.11 Å². The number of carboxylic acid groups (broad SMARTS) is 1. The zero-order chi connectivity index (χ0) is 12.3. The Labute approximate surface area is 98.5 Å². The van der Waals surface area contributed by atoms with E-state index in [9.17, 15) is 4.79 Å². The van der Waals surface area contributed by atoms with Gasteiger partial charge in [-0.2, -0.15) is 0 Å². The molecule has 0 atom stereocenters. The minimum Gasteiger partial charge on any atom is -0.478 e. The van der Waals surface area contributed by atoms with E-state index in [2.05, 4.69) is 15.3 Å². The van der Waals surface area contributed by atoms with Crippen molar-refractivity contribution < 1.29 is 9.90 Å². The van der Waals surface area contributed by atoms with Crippen LogP contribution in [0.1, 0.15) is 21.9 Å². The molecule has 17 heavy (non-hydrogen) atoms. The number of nitrogens with one attached hydrogen (secondary N) is 2. The molecule has 0 bridgehead atoms. The monoisotopic (exact) mass is 231 g/mol. The van der Waals surface area contributed by atoms with Gasteiger partial charge >= 0.3 is 5.97 Å². The Morgan fingerprint density at radius 3 is 2.65 bits per heavy atom. The molecule has 5 heteroatoms. The van der Waals surface area contributed by atoms with E-state index in [-0.39, 0.29) is 5.56 Å². The van der Waals surface area contributed by atoms with Gasteiger partial charge in [-0.25, -0.2) is 9.78 Å². The Balaban J connectivity index is 1.97. The van der Waals surface area contributed by atoms with E-state index >= 15 is 0 Å². The maximum absolute atomic E-state index is 10.7. The summed E-state index contributed by atoms with van der Waals surface area (Å²) in [4.78, 5) is 17.9. The summed E-state index contributed by atoms with van der Waals surface area (Å²) in [5.74, 6) is -0.0382. The first-order chi connectivity index (χ1) is 8.15. The van der Waals surface area contributed by atoms with Crippen molar-refractivity contribution in [2.45, 2.75) is 13.5 Å². The number of anilines is 1. The lowest BCUT2D eigenvalue weighted by molar-refractivity contribution is 0.0697. The number of benzene rings is 1. The van der Waals surface area contributed by atoms with Crippen LogP contribution >= 0.6 is 0 Å². The number of carbonyl (C=O) groups is 1. The molecule has 1 aromatic heterocycles. The standard InChI is InChI=1S/C12H13N3O2/c1-8-13-6-11(15-8)7-14-10-4-2-9(3-5-10)12(16)17/h2-6,14H,7H2,1H3,(H,13,15)(H,16,17). The molecule has 2 rings (SSSR count). The van der Waals surface area contributed by atoms with Gasteiger partial charge < -0.3 is 15.4 Å². The van der Waals surface area contributed by atoms with E-state index in [1.165, 1.54) is 0 Å². The number of aryl methyl sites for hydroxylation is 1. The molecule has 0 aliphatic rings. The number of aromatic nitrogens is 2. The van der Waals surface area contributed by atoms with Crippen molar-refractivity contribution in [1.29, 1.82) is 0 Å². The Kier molecular flexibility index (Phi) is 3.09. The van der Waals surface area contributed by atoms with Gasteiger partial charge in [0.25, 0.3) is 0 Å². The van der Waals surface area contributed by atoms with Crippen molar-refractivity contribution in [2.24, 2.45) is 0 Å². The van der Waals surface area contributed by atoms with Crippen molar-refractivity contribution in [3.05, 3.63) is 47.5 Å². The van der Waals surface area contributed by atoms with Gasteiger partial charge in [0.05, 0.1) is 24.0 Å². The first-order valence-corrected chi connectivity index (χ1v) is 5.23. The number of rotatable bonds is 4. The summed E-state index contributed by atoms with van der Waals surface area (Å²) in [6, 6.07) is 6.63. The SMILES string of the molecule is Cc1ncc(CNc2ccc(C(=O)O)cc2)[nH]1. The number of aromatic carboxylic acids is 1. The smallest absolute Gasteiger partial charge is 0.335 e. The maximum Gasteiger partial charge on any atom is 0.335 e. The van der Waals surface area contributed by atoms with Gasteiger partial charge in [0.2, 0.25) is 0 Å². The summed E-state index contributed by atoms with van der Waals surface area (Å²) in [5, 5.41) is 11.9. The molecule has 0 spiro atoms. The van der Waals surface area contributed by atoms with Crippen LogP contribution in [-0.2, 0) is 6.54 Å². The first kappa shape index (κ1) is 11.2. The number of imidazole rings is 1. The highest BCUT2D eigenvalue weighted by Crippen LogP contribution is 2.10. The van der Waals surface area contributed by atoms with Gasteiger partial charge in [0, 0.05) is 5.69 Å². The number of hydrogen-bond donors (Lipinski definition) is 3. The van der Waals surface area contributed by atoms with Crippen molar-refractivity contribution in [2.75, 3.05) is 5.32 Å². The van der Waals surface area contributed by atoms with Gasteiger partial charge in [-0.3, -0.25) is 0 Å². The number of hydrogen-bond acceptors (Lipinski definition) is 3. The second-order valence-electron chi connectivity index (χ2n) is 3.73. The molecule has 0 radical (unpaired) electrons. The summed E-state index contributed by atoms with van der Waals surface area (Å²) >= 11 is 0. The highest BCUT2D eigenvalue weighted by atomic mass is 16.4. The summed E-state index contributed by atoms with van der Waals surface area (Å²) in [6.07, 6.45) is 1.77. The predicted molar refractivity (Wildman–Crippen MR) is 64.1 cm³/mol. The third kappa shape index (κ3) is 2.84. The minimum atomic E-state index is -0.916. The third-order valence-corrected chi connectivity index (χ3v) is 2.37. The summed E-state index contributed by atoms with van der Waals surface area (Å²) in [5.41, 5.74) is 2.15. The van der Waals surface area contributed by atoms with E-state index in [1.807, 2.05) is 6.92 Å². The fraction of sp³-hybridized carbons (Fsp3) is 0.167. The third-order valence-electron chi connectivity index (χ3n) is 2.37. The van der Waals surface area contributed by atoms with Gasteiger partial charge in [0.1, 0.15) is 5.82 Å². The molecule has 0 aliphatic carbocycles. The van der Waals surface area contributed by atoms with Crippen molar-refractivity contribution in [1.82, 2.24) is 9.97 Å². The van der Waals surface area contributed by atoms with Crippen LogP contribution in [0.4, 0.5) is 5.69 Å². The van der Waals surface area contributed by atoms with Crippen LogP contribution in [0.3, 0.4) is 0 Å². The lowest BCUT2D eigenvalue weighted by Gasteiger charge is -2.04. The molecular weight excluding hydrogens is 218 g/mol. The second-order valence-corrected chi connectivity index (χ2v) is 3.73. The molecule has 0 fully saturated rings. The minimum absolute atomic E-state index is 0.285. The first-order valence-electron chi connectivity index (χ1n) is 5.23. The van der Waals surface area contributed by atoms with Crippen LogP contribution < -0.4 is 5.32 Å². The molecule has 0 aliphatic heterocycles. The molecule has 1 heterocycles. The van der Waals surface area contributed by atoms with Gasteiger partial charge in [0.15, 0.2) is 0 Å². The largest absolute Gasteiger partial charge is 0.478 e. The van der Waals surface area contributed by atoms with E-state index in [0.717, 1.165) is 17.2 Å². The van der Waals surface area contributed by atoms with E-state index in [0.29, 0.717) is 6.54 Å². The van der Waals surface area contributed by atoms with Crippen LogP contribution in [0.25, 0.3) is 0 Å². The molecule has 1 aromatic carbocycles. The molecule has 0 saturated carbocycles. The number of aromatic amines is 1. The Morgan fingerprint density at radius 1 is 1.41 bits per heavy atom. The van der Waals surface area contributed by atoms with E-state index < -0.39 is 5.97 Å². The normalized spacial score (nSPS) is 10.2. The topological polar surface area (TPSA) is 78.0 Å². The summed E-state index contributed by atoms with van der Waals surface area (Å²) < 4.78 is 0. The Bertz CT molecular complexity index is 517. The number of H-pyrrole nitrogens is 1. The van der Waals surface area contributed by atoms with Crippen molar-refractivity contribution >= 4 is 11.7 Å². The molecule has 5 nitrogen and oxygen atoms in total. The van der Waals surface area contributed by atoms with Gasteiger partial charge in [-0.05, 0) is 31.2 Å². The second kappa shape index (κ2) is 4.69. The average molecular weight is 231 g/mol. The molecule has 3 N–H and O–H groups in total. The lowest BCUT2D eigenvalue weighted by Crippen LogP contribution is -2.01. The maximum atomic E-state index is 10.7. The fourth-order valence-corrected chi connectivity index (χ4v) is 1.49. The zero-order valence-electron chi connectivity index (χ0n) is 9.40. The Morgan fingerprint density at radius 2 is 2.12 bits per heavy atom. The van der Waals surface area contributed by atoms with Gasteiger partial charge in [-0.15, -0.1) is 0 Å². The summed E-state index contributed by atoms with van der Waals surface area (Å²) in [7, 11) is 0. The Hall–Kier alpha value is -2.30. The van der Waals surface area contributed by atoms with Crippen LogP contribution in [0.2, 0.25) is 0 Å². The lowest BCUT2D eigenvalue weighted by atomic mass is 10.2. The van der Waals surface area contributed by atoms with Crippen LogP contribution in [0.15, 0.2) is 30.5 Å². The molecule has 0 saturated heterocycles. The van der Waals surface area contributed by atoms with Crippen LogP contribution in [-0.4, -0.2) is 21.0 Å². The summed E-state index contributed by atoms with van der Waals surface area (Å²) in [6.45, 7) is 2.53. The molecule has 88 valence electrons. The van der Waals surface area contributed by atoms with Gasteiger partial charge in [-0.1, -0.05) is 0 Å². The molecule has 0 unspecified atom stereocenters. The number of nitrogens with zero attached hydrogens (tertiary/aromatic N) is 1. The molecular formula is C12H13N3O2. The van der Waals surface area contributed by atoms with E-state index in [1.54, 1.807) is 30.5 Å². The van der Waals surface area contributed by atoms with Crippen LogP contribution in [0.5, 0.6) is 0 Å². The molecule has 2 aromatic rings. The highest BCUT2D eigenvalue weighted by Gasteiger charge is 2.01. The highest BCUT2D eigenvalue weighted by molar-refractivity contribution is 5.87. The fourth-order valence-electron chi connectivity index (χ4n) is 1.49. The predicted octanol–water partition coefficient (Wildman–Crippen LogP) is 2.03. The quantitative estimate of drug-likeness (QED) is 0.752. The van der Waals surface area contributed by atoms with Crippen LogP contribution in [0, 0.1) is 6.92 Å². The zero-order valence-corrected chi connectivity index (χ0v) is 9.40. The van der Waals surface area contributed by atoms with Crippen molar-refractivity contribution in [3.63, 3.8) is 0 Å².